The van der Waals surface area contributed by atoms with E-state index in [0.29, 0.717) is 18.0 Å². The average molecular weight is 373 g/mol. The molecule has 1 saturated heterocycles. The van der Waals surface area contributed by atoms with E-state index in [1.165, 1.54) is 17.7 Å². The van der Waals surface area contributed by atoms with Crippen molar-refractivity contribution in [1.29, 1.82) is 0 Å². The third-order valence-electron chi connectivity index (χ3n) is 5.36. The Morgan fingerprint density at radius 2 is 2.04 bits per heavy atom. The van der Waals surface area contributed by atoms with E-state index in [1.54, 1.807) is 0 Å². The first-order chi connectivity index (χ1) is 13.0. The van der Waals surface area contributed by atoms with Crippen LogP contribution in [0.2, 0.25) is 0 Å². The van der Waals surface area contributed by atoms with E-state index >= 15 is 0 Å². The number of nitrogens with zero attached hydrogens (tertiary/aromatic N) is 3. The highest BCUT2D eigenvalue weighted by molar-refractivity contribution is 5.76. The van der Waals surface area contributed by atoms with Crippen LogP contribution in [0, 0.1) is 5.82 Å². The van der Waals surface area contributed by atoms with E-state index in [4.69, 9.17) is 0 Å². The minimum absolute atomic E-state index is 0.250. The van der Waals surface area contributed by atoms with Crippen LogP contribution in [0.3, 0.4) is 0 Å². The van der Waals surface area contributed by atoms with Crippen molar-refractivity contribution in [3.63, 3.8) is 0 Å². The van der Waals surface area contributed by atoms with Crippen molar-refractivity contribution in [3.8, 4) is 0 Å². The van der Waals surface area contributed by atoms with Crippen LogP contribution >= 0.6 is 0 Å². The number of hydrogen-bond acceptors (Lipinski definition) is 2. The summed E-state index contributed by atoms with van der Waals surface area (Å²) >= 11 is 0. The molecule has 0 spiro atoms. The lowest BCUT2D eigenvalue weighted by atomic mass is 9.90. The van der Waals surface area contributed by atoms with Crippen LogP contribution in [0.4, 0.5) is 13.2 Å². The third kappa shape index (κ3) is 3.86. The molecule has 27 heavy (non-hydrogen) atoms. The summed E-state index contributed by atoms with van der Waals surface area (Å²) in [6, 6.07) is 10.0. The molecule has 142 valence electrons. The molecule has 1 aromatic heterocycles. The number of halogens is 3. The van der Waals surface area contributed by atoms with Crippen LogP contribution in [-0.4, -0.2) is 27.5 Å². The van der Waals surface area contributed by atoms with Gasteiger partial charge in [-0.05, 0) is 66.8 Å². The van der Waals surface area contributed by atoms with Crippen LogP contribution in [0.15, 0.2) is 42.7 Å². The van der Waals surface area contributed by atoms with Gasteiger partial charge in [0.1, 0.15) is 5.82 Å². The minimum Gasteiger partial charge on any atom is -0.334 e. The van der Waals surface area contributed by atoms with Crippen molar-refractivity contribution in [2.75, 3.05) is 13.1 Å². The number of hydrogen-bond donors (Lipinski definition) is 0. The summed E-state index contributed by atoms with van der Waals surface area (Å²) in [6.07, 6.45) is 1.28. The molecular formula is C21H22F3N3. The van der Waals surface area contributed by atoms with Gasteiger partial charge in [-0.15, -0.1) is 0 Å². The first-order valence-corrected chi connectivity index (χ1v) is 9.20. The zero-order chi connectivity index (χ0) is 19.0. The molecule has 3 nitrogen and oxygen atoms in total. The number of likely N-dealkylation sites (tertiary alicyclic amines) is 1. The van der Waals surface area contributed by atoms with Gasteiger partial charge in [-0.2, -0.15) is 0 Å². The van der Waals surface area contributed by atoms with Crippen LogP contribution in [0.25, 0.3) is 11.0 Å². The number of rotatable bonds is 4. The second-order valence-corrected chi connectivity index (χ2v) is 7.37. The first kappa shape index (κ1) is 18.0. The summed E-state index contributed by atoms with van der Waals surface area (Å²) in [6.45, 7) is 2.22. The number of aromatic nitrogens is 2. The zero-order valence-electron chi connectivity index (χ0n) is 15.2. The fourth-order valence-corrected chi connectivity index (χ4v) is 4.02. The molecule has 1 aliphatic heterocycles. The first-order valence-electron chi connectivity index (χ1n) is 9.20. The highest BCUT2D eigenvalue weighted by Crippen LogP contribution is 2.30. The Labute approximate surface area is 156 Å². The van der Waals surface area contributed by atoms with Crippen LogP contribution in [0.5, 0.6) is 0 Å². The van der Waals surface area contributed by atoms with E-state index in [2.05, 4.69) is 22.0 Å². The molecule has 1 aliphatic rings. The van der Waals surface area contributed by atoms with Crippen molar-refractivity contribution in [2.24, 2.45) is 7.05 Å². The zero-order valence-corrected chi connectivity index (χ0v) is 15.2. The van der Waals surface area contributed by atoms with Crippen molar-refractivity contribution in [2.45, 2.75) is 31.7 Å². The molecule has 3 aromatic rings. The Bertz CT molecular complexity index is 951. The molecule has 1 fully saturated rings. The molecule has 0 aliphatic carbocycles. The van der Waals surface area contributed by atoms with Gasteiger partial charge in [0.05, 0.1) is 17.4 Å². The Kier molecular flexibility index (Phi) is 4.91. The van der Waals surface area contributed by atoms with E-state index in [-0.39, 0.29) is 5.56 Å². The summed E-state index contributed by atoms with van der Waals surface area (Å²) in [5.41, 5.74) is 3.71. The third-order valence-corrected chi connectivity index (χ3v) is 5.36. The Morgan fingerprint density at radius 1 is 1.19 bits per heavy atom. The molecule has 4 rings (SSSR count). The second kappa shape index (κ2) is 7.35. The van der Waals surface area contributed by atoms with Gasteiger partial charge in [0.2, 0.25) is 0 Å². The smallest absolute Gasteiger partial charge is 0.263 e. The highest BCUT2D eigenvalue weighted by Gasteiger charge is 2.22. The van der Waals surface area contributed by atoms with Gasteiger partial charge < -0.3 is 4.57 Å². The summed E-state index contributed by atoms with van der Waals surface area (Å²) in [5, 5.41) is 0. The predicted octanol–water partition coefficient (Wildman–Crippen LogP) is 5.03. The van der Waals surface area contributed by atoms with Crippen LogP contribution in [-0.2, 0) is 13.6 Å². The SMILES string of the molecule is Cn1cnc2ccc(C3CCCN(Cc4cc(F)cc(C(F)F)c4)C3)cc21. The van der Waals surface area contributed by atoms with Crippen LogP contribution < -0.4 is 0 Å². The van der Waals surface area contributed by atoms with Gasteiger partial charge in [0.25, 0.3) is 6.43 Å². The fourth-order valence-electron chi connectivity index (χ4n) is 4.02. The lowest BCUT2D eigenvalue weighted by molar-refractivity contribution is 0.150. The van der Waals surface area contributed by atoms with Gasteiger partial charge in [-0.25, -0.2) is 18.2 Å². The molecule has 0 bridgehead atoms. The molecule has 2 heterocycles. The molecule has 0 radical (unpaired) electrons. The number of aryl methyl sites for hydroxylation is 1. The van der Waals surface area contributed by atoms with Crippen molar-refractivity contribution in [3.05, 3.63) is 65.2 Å². The van der Waals surface area contributed by atoms with Gasteiger partial charge >= 0.3 is 0 Å². The van der Waals surface area contributed by atoms with Crippen molar-refractivity contribution in [1.82, 2.24) is 14.5 Å². The lowest BCUT2D eigenvalue weighted by Gasteiger charge is -2.33. The predicted molar refractivity (Wildman–Crippen MR) is 99.3 cm³/mol. The molecule has 1 atom stereocenters. The number of imidazole rings is 1. The van der Waals surface area contributed by atoms with E-state index in [1.807, 2.05) is 24.0 Å². The molecule has 0 saturated carbocycles. The normalized spacial score (nSPS) is 18.5. The minimum atomic E-state index is -2.65. The fraction of sp³-hybridized carbons (Fsp3) is 0.381. The van der Waals surface area contributed by atoms with E-state index in [9.17, 15) is 13.2 Å². The Morgan fingerprint density at radius 3 is 2.85 bits per heavy atom. The van der Waals surface area contributed by atoms with Gasteiger partial charge in [0, 0.05) is 25.7 Å². The van der Waals surface area contributed by atoms with Crippen molar-refractivity contribution < 1.29 is 13.2 Å². The van der Waals surface area contributed by atoms with Gasteiger partial charge in [-0.1, -0.05) is 6.07 Å². The lowest BCUT2D eigenvalue weighted by Crippen LogP contribution is -2.34. The molecule has 0 amide bonds. The molecular weight excluding hydrogens is 351 g/mol. The monoisotopic (exact) mass is 373 g/mol. The Hall–Kier alpha value is -2.34. The average Bonchev–Trinajstić information content (AvgIpc) is 3.02. The maximum Gasteiger partial charge on any atom is 0.263 e. The topological polar surface area (TPSA) is 21.1 Å². The number of alkyl halides is 2. The molecule has 2 aromatic carbocycles. The largest absolute Gasteiger partial charge is 0.334 e. The maximum atomic E-state index is 13.7. The molecule has 1 unspecified atom stereocenters. The number of fused-ring (bicyclic) bond motifs is 1. The number of benzene rings is 2. The Balaban J connectivity index is 1.51. The summed E-state index contributed by atoms with van der Waals surface area (Å²) in [7, 11) is 1.98. The van der Waals surface area contributed by atoms with Gasteiger partial charge in [-0.3, -0.25) is 4.90 Å². The van der Waals surface area contributed by atoms with E-state index in [0.717, 1.165) is 43.0 Å². The van der Waals surface area contributed by atoms with Crippen molar-refractivity contribution >= 4 is 11.0 Å². The van der Waals surface area contributed by atoms with Crippen LogP contribution in [0.1, 0.15) is 41.9 Å². The maximum absolute atomic E-state index is 13.7. The highest BCUT2D eigenvalue weighted by atomic mass is 19.3. The van der Waals surface area contributed by atoms with E-state index < -0.39 is 12.2 Å². The summed E-state index contributed by atoms with van der Waals surface area (Å²) in [5.74, 6) is -0.223. The quantitative estimate of drug-likeness (QED) is 0.640. The summed E-state index contributed by atoms with van der Waals surface area (Å²) in [4.78, 5) is 6.59. The molecule has 6 heteroatoms. The number of piperidine rings is 1. The van der Waals surface area contributed by atoms with Gasteiger partial charge in [0.15, 0.2) is 0 Å². The standard InChI is InChI=1S/C21H22F3N3/c1-26-13-25-19-5-4-15(10-20(19)26)16-3-2-6-27(12-16)11-14-7-17(21(23)24)9-18(22)8-14/h4-5,7-10,13,16,21H,2-3,6,11-12H2,1H3. The second-order valence-electron chi connectivity index (χ2n) is 7.37. The summed E-state index contributed by atoms with van der Waals surface area (Å²) < 4.78 is 41.6. The molecule has 0 N–H and O–H groups in total.